The summed E-state index contributed by atoms with van der Waals surface area (Å²) in [6.45, 7) is 4.15. The number of nitrogens with one attached hydrogen (secondary N) is 1. The summed E-state index contributed by atoms with van der Waals surface area (Å²) in [6.07, 6.45) is 2.28. The molecule has 0 aliphatic carbocycles. The van der Waals surface area contributed by atoms with Gasteiger partial charge in [-0.1, -0.05) is 13.0 Å². The highest BCUT2D eigenvalue weighted by molar-refractivity contribution is 5.81. The largest absolute Gasteiger partial charge is 0.484 e. The highest BCUT2D eigenvalue weighted by Gasteiger charge is 2.20. The predicted octanol–water partition coefficient (Wildman–Crippen LogP) is 1.82. The summed E-state index contributed by atoms with van der Waals surface area (Å²) in [5, 5.41) is 3.14. The molecule has 2 rings (SSSR count). The SMILES string of the molecule is CC1CCCN(C(=O)CNc2cccc(OCC(=O)N(C)C)c2)C1. The Morgan fingerprint density at radius 2 is 2.17 bits per heavy atom. The van der Waals surface area contributed by atoms with E-state index in [1.165, 1.54) is 11.3 Å². The zero-order valence-corrected chi connectivity index (χ0v) is 14.7. The van der Waals surface area contributed by atoms with E-state index in [2.05, 4.69) is 12.2 Å². The first-order valence-electron chi connectivity index (χ1n) is 8.40. The molecular formula is C18H27N3O3. The Bertz CT molecular complexity index is 574. The van der Waals surface area contributed by atoms with Gasteiger partial charge in [0.05, 0.1) is 6.54 Å². The number of anilines is 1. The van der Waals surface area contributed by atoms with Crippen LogP contribution in [0.4, 0.5) is 5.69 Å². The van der Waals surface area contributed by atoms with Gasteiger partial charge >= 0.3 is 0 Å². The van der Waals surface area contributed by atoms with Gasteiger partial charge in [-0.25, -0.2) is 0 Å². The lowest BCUT2D eigenvalue weighted by Crippen LogP contribution is -2.41. The summed E-state index contributed by atoms with van der Waals surface area (Å²) in [5.41, 5.74) is 0.809. The number of hydrogen-bond donors (Lipinski definition) is 1. The van der Waals surface area contributed by atoms with Crippen molar-refractivity contribution in [3.8, 4) is 5.75 Å². The van der Waals surface area contributed by atoms with E-state index < -0.39 is 0 Å². The van der Waals surface area contributed by atoms with Crippen LogP contribution in [0.3, 0.4) is 0 Å². The van der Waals surface area contributed by atoms with E-state index in [0.717, 1.165) is 25.2 Å². The molecule has 2 amide bonds. The number of ether oxygens (including phenoxy) is 1. The van der Waals surface area contributed by atoms with Crippen molar-refractivity contribution < 1.29 is 14.3 Å². The molecular weight excluding hydrogens is 306 g/mol. The maximum absolute atomic E-state index is 12.3. The lowest BCUT2D eigenvalue weighted by molar-refractivity contribution is -0.131. The minimum Gasteiger partial charge on any atom is -0.484 e. The molecule has 0 aromatic heterocycles. The summed E-state index contributed by atoms with van der Waals surface area (Å²) < 4.78 is 5.48. The molecule has 1 unspecified atom stereocenters. The number of likely N-dealkylation sites (N-methyl/N-ethyl adjacent to an activating group) is 1. The zero-order valence-electron chi connectivity index (χ0n) is 14.7. The molecule has 0 bridgehead atoms. The molecule has 0 spiro atoms. The normalized spacial score (nSPS) is 17.3. The Morgan fingerprint density at radius 1 is 1.38 bits per heavy atom. The predicted molar refractivity (Wildman–Crippen MR) is 94.1 cm³/mol. The fourth-order valence-corrected chi connectivity index (χ4v) is 2.68. The van der Waals surface area contributed by atoms with Crippen molar-refractivity contribution >= 4 is 17.5 Å². The number of amides is 2. The first kappa shape index (κ1) is 18.1. The summed E-state index contributed by atoms with van der Waals surface area (Å²) in [7, 11) is 3.38. The first-order chi connectivity index (χ1) is 11.5. The number of benzene rings is 1. The third-order valence-electron chi connectivity index (χ3n) is 4.15. The van der Waals surface area contributed by atoms with E-state index in [1.807, 2.05) is 17.0 Å². The number of carbonyl (C=O) groups excluding carboxylic acids is 2. The third kappa shape index (κ3) is 5.44. The molecule has 6 nitrogen and oxygen atoms in total. The maximum atomic E-state index is 12.3. The number of nitrogens with zero attached hydrogens (tertiary/aromatic N) is 2. The molecule has 1 fully saturated rings. The lowest BCUT2D eigenvalue weighted by atomic mass is 10.0. The Morgan fingerprint density at radius 3 is 2.88 bits per heavy atom. The summed E-state index contributed by atoms with van der Waals surface area (Å²) in [4.78, 5) is 27.2. The van der Waals surface area contributed by atoms with Crippen LogP contribution in [0.1, 0.15) is 19.8 Å². The molecule has 132 valence electrons. The molecule has 1 aromatic carbocycles. The molecule has 6 heteroatoms. The molecule has 0 radical (unpaired) electrons. The highest BCUT2D eigenvalue weighted by atomic mass is 16.5. The van der Waals surface area contributed by atoms with Crippen LogP contribution in [0, 0.1) is 5.92 Å². The number of rotatable bonds is 6. The van der Waals surface area contributed by atoms with Crippen molar-refractivity contribution in [3.05, 3.63) is 24.3 Å². The fourth-order valence-electron chi connectivity index (χ4n) is 2.68. The maximum Gasteiger partial charge on any atom is 0.259 e. The molecule has 1 aliphatic heterocycles. The second-order valence-electron chi connectivity index (χ2n) is 6.55. The van der Waals surface area contributed by atoms with Gasteiger partial charge in [0, 0.05) is 38.9 Å². The molecule has 1 aromatic rings. The van der Waals surface area contributed by atoms with Gasteiger partial charge in [-0.2, -0.15) is 0 Å². The van der Waals surface area contributed by atoms with E-state index in [1.54, 1.807) is 26.2 Å². The Balaban J connectivity index is 1.83. The van der Waals surface area contributed by atoms with Crippen molar-refractivity contribution in [2.75, 3.05) is 45.7 Å². The van der Waals surface area contributed by atoms with Crippen LogP contribution < -0.4 is 10.1 Å². The Kier molecular flexibility index (Phi) is 6.46. The fraction of sp³-hybridized carbons (Fsp3) is 0.556. The van der Waals surface area contributed by atoms with E-state index in [-0.39, 0.29) is 25.0 Å². The third-order valence-corrected chi connectivity index (χ3v) is 4.15. The molecule has 1 N–H and O–H groups in total. The monoisotopic (exact) mass is 333 g/mol. The van der Waals surface area contributed by atoms with E-state index in [4.69, 9.17) is 4.74 Å². The second kappa shape index (κ2) is 8.57. The van der Waals surface area contributed by atoms with Gasteiger partial charge in [0.25, 0.3) is 5.91 Å². The van der Waals surface area contributed by atoms with Crippen LogP contribution in [-0.4, -0.2) is 62.0 Å². The second-order valence-corrected chi connectivity index (χ2v) is 6.55. The van der Waals surface area contributed by atoms with Gasteiger partial charge in [0.1, 0.15) is 5.75 Å². The summed E-state index contributed by atoms with van der Waals surface area (Å²) in [6, 6.07) is 7.31. The summed E-state index contributed by atoms with van der Waals surface area (Å²) in [5.74, 6) is 1.21. The van der Waals surface area contributed by atoms with Crippen LogP contribution in [0.15, 0.2) is 24.3 Å². The van der Waals surface area contributed by atoms with Gasteiger partial charge < -0.3 is 19.9 Å². The van der Waals surface area contributed by atoms with Gasteiger partial charge in [-0.3, -0.25) is 9.59 Å². The highest BCUT2D eigenvalue weighted by Crippen LogP contribution is 2.18. The van der Waals surface area contributed by atoms with E-state index in [9.17, 15) is 9.59 Å². The van der Waals surface area contributed by atoms with Crippen LogP contribution >= 0.6 is 0 Å². The topological polar surface area (TPSA) is 61.9 Å². The van der Waals surface area contributed by atoms with Crippen LogP contribution in [0.2, 0.25) is 0 Å². The Labute approximate surface area is 143 Å². The quantitative estimate of drug-likeness (QED) is 0.863. The van der Waals surface area contributed by atoms with Gasteiger partial charge in [0.2, 0.25) is 5.91 Å². The van der Waals surface area contributed by atoms with Crippen molar-refractivity contribution in [2.45, 2.75) is 19.8 Å². The smallest absolute Gasteiger partial charge is 0.259 e. The molecule has 24 heavy (non-hydrogen) atoms. The van der Waals surface area contributed by atoms with Crippen LogP contribution in [0.25, 0.3) is 0 Å². The van der Waals surface area contributed by atoms with Gasteiger partial charge in [-0.05, 0) is 30.9 Å². The van der Waals surface area contributed by atoms with Crippen molar-refractivity contribution in [1.29, 1.82) is 0 Å². The number of likely N-dealkylation sites (tertiary alicyclic amines) is 1. The molecule has 1 saturated heterocycles. The van der Waals surface area contributed by atoms with Crippen molar-refractivity contribution in [3.63, 3.8) is 0 Å². The number of carbonyl (C=O) groups is 2. The van der Waals surface area contributed by atoms with Gasteiger partial charge in [0.15, 0.2) is 6.61 Å². The van der Waals surface area contributed by atoms with Gasteiger partial charge in [-0.15, -0.1) is 0 Å². The van der Waals surface area contributed by atoms with E-state index >= 15 is 0 Å². The molecule has 1 heterocycles. The number of piperidine rings is 1. The van der Waals surface area contributed by atoms with Crippen molar-refractivity contribution in [2.24, 2.45) is 5.92 Å². The summed E-state index contributed by atoms with van der Waals surface area (Å²) >= 11 is 0. The van der Waals surface area contributed by atoms with Crippen LogP contribution in [-0.2, 0) is 9.59 Å². The molecule has 0 saturated carbocycles. The first-order valence-corrected chi connectivity index (χ1v) is 8.40. The average Bonchev–Trinajstić information content (AvgIpc) is 2.57. The average molecular weight is 333 g/mol. The molecule has 1 aliphatic rings. The van der Waals surface area contributed by atoms with Crippen molar-refractivity contribution in [1.82, 2.24) is 9.80 Å². The van der Waals surface area contributed by atoms with E-state index in [0.29, 0.717) is 11.7 Å². The van der Waals surface area contributed by atoms with Crippen LogP contribution in [0.5, 0.6) is 5.75 Å². The standard InChI is InChI=1S/C18H27N3O3/c1-14-6-5-9-21(12-14)17(22)11-19-15-7-4-8-16(10-15)24-13-18(23)20(2)3/h4,7-8,10,14,19H,5-6,9,11-13H2,1-3H3. The minimum absolute atomic E-state index is 0.00104. The molecule has 1 atom stereocenters. The Hall–Kier alpha value is -2.24. The zero-order chi connectivity index (χ0) is 17.5. The minimum atomic E-state index is -0.0947. The lowest BCUT2D eigenvalue weighted by Gasteiger charge is -2.31. The number of hydrogen-bond acceptors (Lipinski definition) is 4.